The molecule has 0 aliphatic carbocycles. The third kappa shape index (κ3) is 6.70. The summed E-state index contributed by atoms with van der Waals surface area (Å²) in [6.45, 7) is 7.20. The van der Waals surface area contributed by atoms with Crippen LogP contribution in [0.4, 0.5) is 11.4 Å². The molecular formula is C32H36Cl2N6O5. The monoisotopic (exact) mass is 654 g/mol. The molecule has 11 nitrogen and oxygen atoms in total. The van der Waals surface area contributed by atoms with Crippen LogP contribution in [-0.4, -0.2) is 80.9 Å². The third-order valence-electron chi connectivity index (χ3n) is 7.28. The van der Waals surface area contributed by atoms with Crippen molar-refractivity contribution >= 4 is 51.5 Å². The lowest BCUT2D eigenvalue weighted by Crippen LogP contribution is -2.29. The number of amides is 1. The van der Waals surface area contributed by atoms with Crippen molar-refractivity contribution in [3.8, 4) is 39.8 Å². The number of nitrogens with one attached hydrogen (secondary N) is 1. The second kappa shape index (κ2) is 14.2. The molecule has 0 bridgehead atoms. The minimum Gasteiger partial charge on any atom is -0.496 e. The predicted molar refractivity (Wildman–Crippen MR) is 181 cm³/mol. The van der Waals surface area contributed by atoms with E-state index in [1.54, 1.807) is 31.5 Å². The summed E-state index contributed by atoms with van der Waals surface area (Å²) >= 11 is 13.3. The molecule has 1 N–H and O–H groups in total. The Morgan fingerprint density at radius 3 is 2.18 bits per heavy atom. The van der Waals surface area contributed by atoms with Crippen molar-refractivity contribution in [1.82, 2.24) is 19.4 Å². The van der Waals surface area contributed by atoms with Crippen molar-refractivity contribution in [3.63, 3.8) is 0 Å². The maximum Gasteiger partial charge on any atom is 0.260 e. The molecule has 0 saturated carbocycles. The van der Waals surface area contributed by atoms with Crippen LogP contribution in [-0.2, 0) is 11.3 Å². The number of halogens is 2. The number of methoxy groups -OCH3 is 3. The van der Waals surface area contributed by atoms with E-state index in [9.17, 15) is 9.59 Å². The second-order valence-electron chi connectivity index (χ2n) is 10.4. The van der Waals surface area contributed by atoms with Gasteiger partial charge in [0.1, 0.15) is 22.9 Å². The highest BCUT2D eigenvalue weighted by molar-refractivity contribution is 6.41. The van der Waals surface area contributed by atoms with Gasteiger partial charge in [-0.25, -0.2) is 9.97 Å². The molecule has 0 atom stereocenters. The lowest BCUT2D eigenvalue weighted by atomic mass is 10.0. The van der Waals surface area contributed by atoms with Gasteiger partial charge in [0.15, 0.2) is 5.82 Å². The smallest absolute Gasteiger partial charge is 0.260 e. The molecule has 0 fully saturated rings. The molecule has 0 radical (unpaired) electrons. The number of hydrogen-bond acceptors (Lipinski definition) is 9. The van der Waals surface area contributed by atoms with Crippen LogP contribution in [0.5, 0.6) is 17.2 Å². The molecule has 2 heterocycles. The highest BCUT2D eigenvalue weighted by Crippen LogP contribution is 2.45. The van der Waals surface area contributed by atoms with Gasteiger partial charge in [0.05, 0.1) is 53.9 Å². The fraction of sp³-hybridized carbons (Fsp3) is 0.312. The van der Waals surface area contributed by atoms with E-state index in [1.807, 2.05) is 39.0 Å². The summed E-state index contributed by atoms with van der Waals surface area (Å²) in [5.41, 5.74) is 2.34. The number of rotatable bonds is 12. The minimum absolute atomic E-state index is 0.175. The SMILES string of the molecule is C=CC(=O)Nc1cc(-c2ncc3cc(-c4c(Cl)c(OC)cc(OC)c4Cl)c(=O)n(CC)c3n2)c(OC)cc1N(C)CCN(C)C. The molecule has 13 heteroatoms. The van der Waals surface area contributed by atoms with Gasteiger partial charge in [-0.3, -0.25) is 14.2 Å². The molecule has 45 heavy (non-hydrogen) atoms. The summed E-state index contributed by atoms with van der Waals surface area (Å²) in [4.78, 5) is 39.9. The van der Waals surface area contributed by atoms with E-state index < -0.39 is 0 Å². The summed E-state index contributed by atoms with van der Waals surface area (Å²) in [5, 5.41) is 3.81. The van der Waals surface area contributed by atoms with Crippen LogP contribution >= 0.6 is 23.2 Å². The highest BCUT2D eigenvalue weighted by Gasteiger charge is 2.24. The maximum atomic E-state index is 13.9. The quantitative estimate of drug-likeness (QED) is 0.195. The molecule has 4 rings (SSSR count). The number of anilines is 2. The average molecular weight is 656 g/mol. The lowest BCUT2D eigenvalue weighted by Gasteiger charge is -2.25. The van der Waals surface area contributed by atoms with Crippen LogP contribution in [0.3, 0.4) is 0 Å². The first-order chi connectivity index (χ1) is 21.5. The van der Waals surface area contributed by atoms with Crippen LogP contribution in [0.1, 0.15) is 6.92 Å². The average Bonchev–Trinajstić information content (AvgIpc) is 3.03. The van der Waals surface area contributed by atoms with Crippen LogP contribution in [0.15, 0.2) is 47.9 Å². The number of carbonyl (C=O) groups excluding carboxylic acids is 1. The first-order valence-corrected chi connectivity index (χ1v) is 14.8. The Hall–Kier alpha value is -4.32. The van der Waals surface area contributed by atoms with E-state index in [0.717, 1.165) is 12.2 Å². The number of hydrogen-bond donors (Lipinski definition) is 1. The van der Waals surface area contributed by atoms with Gasteiger partial charge in [-0.05, 0) is 39.2 Å². The minimum atomic E-state index is -0.369. The van der Waals surface area contributed by atoms with Gasteiger partial charge in [0.25, 0.3) is 5.56 Å². The summed E-state index contributed by atoms with van der Waals surface area (Å²) < 4.78 is 18.1. The lowest BCUT2D eigenvalue weighted by molar-refractivity contribution is -0.111. The van der Waals surface area contributed by atoms with Crippen molar-refractivity contribution in [2.24, 2.45) is 0 Å². The molecule has 0 aliphatic heterocycles. The van der Waals surface area contributed by atoms with Gasteiger partial charge in [-0.15, -0.1) is 0 Å². The second-order valence-corrected chi connectivity index (χ2v) is 11.1. The Morgan fingerprint density at radius 2 is 1.62 bits per heavy atom. The fourth-order valence-electron chi connectivity index (χ4n) is 4.87. The fourth-order valence-corrected chi connectivity index (χ4v) is 5.57. The van der Waals surface area contributed by atoms with Gasteiger partial charge < -0.3 is 29.3 Å². The van der Waals surface area contributed by atoms with E-state index in [0.29, 0.717) is 58.4 Å². The Bertz CT molecular complexity index is 1800. The zero-order chi connectivity index (χ0) is 33.0. The van der Waals surface area contributed by atoms with Crippen molar-refractivity contribution in [2.75, 3.05) is 65.8 Å². The van der Waals surface area contributed by atoms with Crippen LogP contribution < -0.4 is 30.0 Å². The molecule has 2 aromatic carbocycles. The number of pyridine rings is 1. The number of carbonyl (C=O) groups is 1. The first-order valence-electron chi connectivity index (χ1n) is 14.0. The predicted octanol–water partition coefficient (Wildman–Crippen LogP) is 5.60. The van der Waals surface area contributed by atoms with Gasteiger partial charge in [-0.2, -0.15) is 0 Å². The number of benzene rings is 2. The molecule has 0 spiro atoms. The van der Waals surface area contributed by atoms with Gasteiger partial charge in [-0.1, -0.05) is 29.8 Å². The highest BCUT2D eigenvalue weighted by atomic mass is 35.5. The number of nitrogens with zero attached hydrogens (tertiary/aromatic N) is 5. The summed E-state index contributed by atoms with van der Waals surface area (Å²) in [7, 11) is 10.4. The molecule has 0 saturated heterocycles. The largest absolute Gasteiger partial charge is 0.496 e. The molecular weight excluding hydrogens is 619 g/mol. The number of likely N-dealkylation sites (N-methyl/N-ethyl adjacent to an activating group) is 2. The Morgan fingerprint density at radius 1 is 0.978 bits per heavy atom. The molecule has 2 aromatic heterocycles. The summed E-state index contributed by atoms with van der Waals surface area (Å²) in [6, 6.07) is 6.80. The standard InChI is InChI=1S/C32H36Cl2N6O5/c1-9-26(41)36-21-14-19(23(43-6)15-22(21)39(5)12-11-38(3)4)30-35-17-18-13-20(32(42)40(10-2)31(18)37-30)27-28(33)24(44-7)16-25(45-8)29(27)34/h9,13-17H,1,10-12H2,2-8H3,(H,36,41). The van der Waals surface area contributed by atoms with Crippen molar-refractivity contribution in [3.05, 3.63) is 63.5 Å². The molecule has 238 valence electrons. The van der Waals surface area contributed by atoms with Crippen molar-refractivity contribution < 1.29 is 19.0 Å². The van der Waals surface area contributed by atoms with Crippen LogP contribution in [0.2, 0.25) is 10.0 Å². The Kier molecular flexibility index (Phi) is 10.6. The summed E-state index contributed by atoms with van der Waals surface area (Å²) in [5.74, 6) is 1.03. The Labute approximate surface area is 271 Å². The molecule has 1 amide bonds. The Balaban J connectivity index is 1.94. The number of aryl methyl sites for hydroxylation is 1. The number of ether oxygens (including phenoxy) is 3. The van der Waals surface area contributed by atoms with Crippen LogP contribution in [0, 0.1) is 0 Å². The third-order valence-corrected chi connectivity index (χ3v) is 8.03. The topological polar surface area (TPSA) is 111 Å². The van der Waals surface area contributed by atoms with Crippen LogP contribution in [0.25, 0.3) is 33.5 Å². The number of fused-ring (bicyclic) bond motifs is 1. The summed E-state index contributed by atoms with van der Waals surface area (Å²) in [6.07, 6.45) is 2.82. The van der Waals surface area contributed by atoms with Gasteiger partial charge in [0.2, 0.25) is 5.91 Å². The van der Waals surface area contributed by atoms with E-state index in [1.165, 1.54) is 24.9 Å². The normalized spacial score (nSPS) is 11.1. The van der Waals surface area contributed by atoms with E-state index in [-0.39, 0.29) is 32.6 Å². The maximum absolute atomic E-state index is 13.9. The molecule has 0 aliphatic rings. The molecule has 0 unspecified atom stereocenters. The van der Waals surface area contributed by atoms with E-state index >= 15 is 0 Å². The van der Waals surface area contributed by atoms with Crippen molar-refractivity contribution in [2.45, 2.75) is 13.5 Å². The van der Waals surface area contributed by atoms with Gasteiger partial charge >= 0.3 is 0 Å². The van der Waals surface area contributed by atoms with E-state index in [4.69, 9.17) is 42.4 Å². The van der Waals surface area contributed by atoms with Gasteiger partial charge in [0, 0.05) is 56.0 Å². The van der Waals surface area contributed by atoms with E-state index in [2.05, 4.69) is 21.8 Å². The number of aromatic nitrogens is 3. The van der Waals surface area contributed by atoms with Crippen molar-refractivity contribution in [1.29, 1.82) is 0 Å². The zero-order valence-corrected chi connectivity index (χ0v) is 27.8. The molecule has 4 aromatic rings. The first kappa shape index (κ1) is 33.6. The zero-order valence-electron chi connectivity index (χ0n) is 26.3.